The molecular formula is C10H17N3O. The van der Waals surface area contributed by atoms with Crippen LogP contribution < -0.4 is 5.73 Å². The van der Waals surface area contributed by atoms with Gasteiger partial charge in [-0.05, 0) is 32.1 Å². The Kier molecular flexibility index (Phi) is 2.31. The smallest absolute Gasteiger partial charge is 0.237 e. The number of hydrogen-bond donors (Lipinski definition) is 2. The number of rotatable bonds is 2. The molecule has 2 fully saturated rings. The van der Waals surface area contributed by atoms with Crippen molar-refractivity contribution in [3.63, 3.8) is 0 Å². The molecule has 0 unspecified atom stereocenters. The van der Waals surface area contributed by atoms with Crippen LogP contribution in [0.3, 0.4) is 0 Å². The third-order valence-electron chi connectivity index (χ3n) is 3.49. The Morgan fingerprint density at radius 3 is 2.86 bits per heavy atom. The van der Waals surface area contributed by atoms with Gasteiger partial charge in [-0.2, -0.15) is 0 Å². The predicted octanol–water partition coefficient (Wildman–Crippen LogP) is 0.364. The van der Waals surface area contributed by atoms with Crippen LogP contribution in [0.4, 0.5) is 0 Å². The average Bonchev–Trinajstić information content (AvgIpc) is 2.74. The number of fused-ring (bicyclic) bond motifs is 2. The van der Waals surface area contributed by atoms with Crippen molar-refractivity contribution >= 4 is 11.6 Å². The average molecular weight is 195 g/mol. The maximum atomic E-state index is 11.6. The summed E-state index contributed by atoms with van der Waals surface area (Å²) < 4.78 is 0. The lowest BCUT2D eigenvalue weighted by molar-refractivity contribution is -0.132. The minimum Gasteiger partial charge on any atom is -0.330 e. The molecule has 2 bridgehead atoms. The summed E-state index contributed by atoms with van der Waals surface area (Å²) in [7, 11) is 0. The molecule has 1 saturated heterocycles. The Balaban J connectivity index is 2.21. The molecule has 1 saturated carbocycles. The summed E-state index contributed by atoms with van der Waals surface area (Å²) in [6.07, 6.45) is 3.34. The van der Waals surface area contributed by atoms with Gasteiger partial charge < -0.3 is 16.0 Å². The fourth-order valence-electron chi connectivity index (χ4n) is 3.01. The normalized spacial score (nSPS) is 35.0. The molecule has 0 aromatic rings. The molecule has 1 amide bonds. The van der Waals surface area contributed by atoms with Gasteiger partial charge in [0.15, 0.2) is 0 Å². The van der Waals surface area contributed by atoms with Crippen LogP contribution in [0.15, 0.2) is 0 Å². The molecule has 3 N–H and O–H groups in total. The largest absolute Gasteiger partial charge is 0.330 e. The Hall–Kier alpha value is -0.900. The highest BCUT2D eigenvalue weighted by atomic mass is 16.2. The van der Waals surface area contributed by atoms with E-state index in [-0.39, 0.29) is 18.5 Å². The zero-order valence-electron chi connectivity index (χ0n) is 8.49. The SMILES string of the molecule is CC(=N)[C@@H]1[C@H]2CC[C@H](C2)N1C(=O)CN. The van der Waals surface area contributed by atoms with E-state index in [4.69, 9.17) is 11.1 Å². The van der Waals surface area contributed by atoms with Crippen molar-refractivity contribution < 1.29 is 4.79 Å². The van der Waals surface area contributed by atoms with Crippen LogP contribution in [0.5, 0.6) is 0 Å². The van der Waals surface area contributed by atoms with Gasteiger partial charge in [0, 0.05) is 11.8 Å². The summed E-state index contributed by atoms with van der Waals surface area (Å²) in [6, 6.07) is 0.408. The van der Waals surface area contributed by atoms with E-state index in [1.54, 1.807) is 6.92 Å². The first-order valence-corrected chi connectivity index (χ1v) is 5.21. The molecule has 1 aliphatic carbocycles. The summed E-state index contributed by atoms with van der Waals surface area (Å²) in [5.74, 6) is 0.529. The Labute approximate surface area is 84.0 Å². The molecule has 1 aliphatic heterocycles. The summed E-state index contributed by atoms with van der Waals surface area (Å²) in [5, 5.41) is 7.71. The van der Waals surface area contributed by atoms with Crippen LogP contribution >= 0.6 is 0 Å². The highest BCUT2D eigenvalue weighted by Gasteiger charge is 2.48. The van der Waals surface area contributed by atoms with Crippen LogP contribution in [-0.2, 0) is 4.79 Å². The molecule has 4 nitrogen and oxygen atoms in total. The number of carbonyl (C=O) groups excluding carboxylic acids is 1. The van der Waals surface area contributed by atoms with E-state index >= 15 is 0 Å². The van der Waals surface area contributed by atoms with Crippen LogP contribution in [-0.4, -0.2) is 35.1 Å². The second kappa shape index (κ2) is 3.35. The second-order valence-corrected chi connectivity index (χ2v) is 4.36. The van der Waals surface area contributed by atoms with E-state index in [0.29, 0.717) is 17.7 Å². The van der Waals surface area contributed by atoms with Crippen molar-refractivity contribution in [2.24, 2.45) is 11.7 Å². The van der Waals surface area contributed by atoms with Gasteiger partial charge in [-0.15, -0.1) is 0 Å². The standard InChI is InChI=1S/C10H17N3O/c1-6(12)10-7-2-3-8(4-7)13(10)9(14)5-11/h7-8,10,12H,2-5,11H2,1H3/t7-,8+,10+/m0/s1. The molecule has 14 heavy (non-hydrogen) atoms. The van der Waals surface area contributed by atoms with Gasteiger partial charge in [-0.1, -0.05) is 0 Å². The topological polar surface area (TPSA) is 70.2 Å². The minimum absolute atomic E-state index is 0.00815. The first-order valence-electron chi connectivity index (χ1n) is 5.21. The monoisotopic (exact) mass is 195 g/mol. The zero-order valence-corrected chi connectivity index (χ0v) is 8.49. The maximum absolute atomic E-state index is 11.6. The number of likely N-dealkylation sites (tertiary alicyclic amines) is 1. The van der Waals surface area contributed by atoms with Crippen molar-refractivity contribution in [1.82, 2.24) is 4.90 Å². The van der Waals surface area contributed by atoms with Crippen molar-refractivity contribution in [3.05, 3.63) is 0 Å². The number of carbonyl (C=O) groups is 1. The molecule has 0 radical (unpaired) electrons. The van der Waals surface area contributed by atoms with Crippen molar-refractivity contribution in [1.29, 1.82) is 5.41 Å². The third kappa shape index (κ3) is 1.25. The minimum atomic E-state index is 0.00815. The molecule has 0 spiro atoms. The van der Waals surface area contributed by atoms with E-state index in [1.165, 1.54) is 6.42 Å². The molecule has 4 heteroatoms. The van der Waals surface area contributed by atoms with E-state index in [2.05, 4.69) is 0 Å². The molecule has 78 valence electrons. The highest BCUT2D eigenvalue weighted by Crippen LogP contribution is 2.42. The summed E-state index contributed by atoms with van der Waals surface area (Å²) in [4.78, 5) is 13.5. The lowest BCUT2D eigenvalue weighted by Crippen LogP contribution is -2.50. The van der Waals surface area contributed by atoms with Gasteiger partial charge in [0.1, 0.15) is 0 Å². The quantitative estimate of drug-likeness (QED) is 0.625. The van der Waals surface area contributed by atoms with Crippen LogP contribution in [0, 0.1) is 11.3 Å². The van der Waals surface area contributed by atoms with Gasteiger partial charge in [0.2, 0.25) is 5.91 Å². The summed E-state index contributed by atoms with van der Waals surface area (Å²) in [5.41, 5.74) is 5.99. The van der Waals surface area contributed by atoms with Gasteiger partial charge in [-0.25, -0.2) is 0 Å². The molecule has 3 atom stereocenters. The van der Waals surface area contributed by atoms with Crippen LogP contribution in [0.2, 0.25) is 0 Å². The molecule has 2 rings (SSSR count). The molecule has 0 aromatic heterocycles. The Morgan fingerprint density at radius 2 is 2.29 bits per heavy atom. The van der Waals surface area contributed by atoms with E-state index in [9.17, 15) is 4.79 Å². The lowest BCUT2D eigenvalue weighted by Gasteiger charge is -2.34. The van der Waals surface area contributed by atoms with Crippen molar-refractivity contribution in [3.8, 4) is 0 Å². The van der Waals surface area contributed by atoms with Crippen LogP contribution in [0.1, 0.15) is 26.2 Å². The number of piperidine rings is 1. The zero-order chi connectivity index (χ0) is 10.3. The summed E-state index contributed by atoms with van der Waals surface area (Å²) in [6.45, 7) is 1.87. The first kappa shape index (κ1) is 9.65. The second-order valence-electron chi connectivity index (χ2n) is 4.36. The van der Waals surface area contributed by atoms with E-state index in [0.717, 1.165) is 12.8 Å². The number of nitrogens with one attached hydrogen (secondary N) is 1. The van der Waals surface area contributed by atoms with Crippen molar-refractivity contribution in [2.45, 2.75) is 38.3 Å². The number of nitrogens with zero attached hydrogens (tertiary/aromatic N) is 1. The van der Waals surface area contributed by atoms with E-state index in [1.807, 2.05) is 4.90 Å². The number of hydrogen-bond acceptors (Lipinski definition) is 3. The van der Waals surface area contributed by atoms with E-state index < -0.39 is 0 Å². The van der Waals surface area contributed by atoms with Gasteiger partial charge >= 0.3 is 0 Å². The van der Waals surface area contributed by atoms with Gasteiger partial charge in [0.25, 0.3) is 0 Å². The molecular weight excluding hydrogens is 178 g/mol. The number of amides is 1. The first-order chi connectivity index (χ1) is 6.65. The maximum Gasteiger partial charge on any atom is 0.237 e. The predicted molar refractivity (Wildman–Crippen MR) is 54.2 cm³/mol. The Bertz CT molecular complexity index is 277. The highest BCUT2D eigenvalue weighted by molar-refractivity contribution is 5.91. The fourth-order valence-corrected chi connectivity index (χ4v) is 3.01. The molecule has 1 heterocycles. The van der Waals surface area contributed by atoms with Crippen molar-refractivity contribution in [2.75, 3.05) is 6.54 Å². The molecule has 2 aliphatic rings. The summed E-state index contributed by atoms with van der Waals surface area (Å²) >= 11 is 0. The lowest BCUT2D eigenvalue weighted by atomic mass is 9.95. The number of nitrogens with two attached hydrogens (primary N) is 1. The van der Waals surface area contributed by atoms with Crippen LogP contribution in [0.25, 0.3) is 0 Å². The Morgan fingerprint density at radius 1 is 1.57 bits per heavy atom. The fraction of sp³-hybridized carbons (Fsp3) is 0.800. The van der Waals surface area contributed by atoms with Gasteiger partial charge in [-0.3, -0.25) is 4.79 Å². The van der Waals surface area contributed by atoms with Gasteiger partial charge in [0.05, 0.1) is 12.6 Å². The third-order valence-corrected chi connectivity index (χ3v) is 3.49. The molecule has 0 aromatic carbocycles.